The van der Waals surface area contributed by atoms with Gasteiger partial charge in [0.15, 0.2) is 0 Å². The molecule has 0 aromatic carbocycles. The standard InChI is InChI=1S/C11H14ClN3O2/c1-7-4-16-3-2-15(7)10-8-5-17-6-9(8)13-11(12)14-10/h7H,2-6H2,1H3/t7-/m0/s1. The van der Waals surface area contributed by atoms with Crippen LogP contribution < -0.4 is 4.90 Å². The molecule has 1 aromatic heterocycles. The average molecular weight is 256 g/mol. The van der Waals surface area contributed by atoms with Crippen molar-refractivity contribution < 1.29 is 9.47 Å². The first kappa shape index (κ1) is 11.2. The summed E-state index contributed by atoms with van der Waals surface area (Å²) in [5.41, 5.74) is 1.99. The Bertz CT molecular complexity index is 441. The molecule has 17 heavy (non-hydrogen) atoms. The van der Waals surface area contributed by atoms with Gasteiger partial charge in [-0.1, -0.05) is 0 Å². The fraction of sp³-hybridized carbons (Fsp3) is 0.636. The van der Waals surface area contributed by atoms with Gasteiger partial charge < -0.3 is 14.4 Å². The third kappa shape index (κ3) is 1.99. The topological polar surface area (TPSA) is 47.5 Å². The highest BCUT2D eigenvalue weighted by Gasteiger charge is 2.27. The largest absolute Gasteiger partial charge is 0.377 e. The van der Waals surface area contributed by atoms with E-state index in [0.29, 0.717) is 24.5 Å². The van der Waals surface area contributed by atoms with E-state index in [1.807, 2.05) is 0 Å². The number of aromatic nitrogens is 2. The quantitative estimate of drug-likeness (QED) is 0.710. The van der Waals surface area contributed by atoms with Gasteiger partial charge in [-0.25, -0.2) is 9.97 Å². The smallest absolute Gasteiger partial charge is 0.224 e. The molecule has 6 heteroatoms. The maximum absolute atomic E-state index is 5.96. The van der Waals surface area contributed by atoms with Crippen LogP contribution in [0.15, 0.2) is 0 Å². The molecule has 5 nitrogen and oxygen atoms in total. The van der Waals surface area contributed by atoms with Gasteiger partial charge in [0, 0.05) is 12.1 Å². The molecule has 0 unspecified atom stereocenters. The zero-order valence-electron chi connectivity index (χ0n) is 9.65. The lowest BCUT2D eigenvalue weighted by Crippen LogP contribution is -2.44. The number of ether oxygens (including phenoxy) is 2. The molecule has 2 aliphatic rings. The van der Waals surface area contributed by atoms with Gasteiger partial charge >= 0.3 is 0 Å². The van der Waals surface area contributed by atoms with Crippen LogP contribution in [0.2, 0.25) is 5.28 Å². The Kier molecular flexibility index (Phi) is 2.90. The van der Waals surface area contributed by atoms with Crippen LogP contribution in [0.1, 0.15) is 18.2 Å². The number of morpholine rings is 1. The molecule has 1 saturated heterocycles. The molecule has 0 amide bonds. The predicted octanol–water partition coefficient (Wildman–Crippen LogP) is 1.39. The van der Waals surface area contributed by atoms with Crippen molar-refractivity contribution in [1.29, 1.82) is 0 Å². The summed E-state index contributed by atoms with van der Waals surface area (Å²) in [6.45, 7) is 5.51. The molecule has 0 aliphatic carbocycles. The Hall–Kier alpha value is -0.910. The lowest BCUT2D eigenvalue weighted by Gasteiger charge is -2.35. The summed E-state index contributed by atoms with van der Waals surface area (Å²) in [5.74, 6) is 0.910. The zero-order valence-corrected chi connectivity index (χ0v) is 10.4. The summed E-state index contributed by atoms with van der Waals surface area (Å²) in [5, 5.41) is 0.294. The van der Waals surface area contributed by atoms with E-state index in [4.69, 9.17) is 21.1 Å². The second-order valence-electron chi connectivity index (χ2n) is 4.35. The van der Waals surface area contributed by atoms with E-state index in [9.17, 15) is 0 Å². The normalized spacial score (nSPS) is 23.9. The van der Waals surface area contributed by atoms with Crippen LogP contribution >= 0.6 is 11.6 Å². The molecule has 2 aliphatic heterocycles. The van der Waals surface area contributed by atoms with Crippen LogP contribution in [0.5, 0.6) is 0 Å². The fourth-order valence-corrected chi connectivity index (χ4v) is 2.47. The SMILES string of the molecule is C[C@H]1COCCN1c1nc(Cl)nc2c1COC2. The van der Waals surface area contributed by atoms with Crippen molar-refractivity contribution >= 4 is 17.4 Å². The highest BCUT2D eigenvalue weighted by Crippen LogP contribution is 2.30. The molecule has 1 fully saturated rings. The second kappa shape index (κ2) is 4.40. The number of fused-ring (bicyclic) bond motifs is 1. The first-order valence-corrected chi connectivity index (χ1v) is 6.11. The summed E-state index contributed by atoms with van der Waals surface area (Å²) < 4.78 is 10.9. The van der Waals surface area contributed by atoms with Crippen molar-refractivity contribution in [2.24, 2.45) is 0 Å². The number of nitrogens with zero attached hydrogens (tertiary/aromatic N) is 3. The lowest BCUT2D eigenvalue weighted by atomic mass is 10.2. The molecule has 3 heterocycles. The number of anilines is 1. The molecular formula is C11H14ClN3O2. The molecule has 0 saturated carbocycles. The van der Waals surface area contributed by atoms with Crippen LogP contribution in [0.4, 0.5) is 5.82 Å². The van der Waals surface area contributed by atoms with E-state index in [0.717, 1.165) is 36.8 Å². The first-order valence-electron chi connectivity index (χ1n) is 5.73. The molecule has 0 N–H and O–H groups in total. The van der Waals surface area contributed by atoms with Crippen molar-refractivity contribution in [3.05, 3.63) is 16.5 Å². The van der Waals surface area contributed by atoms with E-state index < -0.39 is 0 Å². The molecule has 0 bridgehead atoms. The van der Waals surface area contributed by atoms with Crippen LogP contribution in [-0.2, 0) is 22.7 Å². The van der Waals surface area contributed by atoms with Gasteiger partial charge in [-0.3, -0.25) is 0 Å². The van der Waals surface area contributed by atoms with Crippen molar-refractivity contribution in [1.82, 2.24) is 9.97 Å². The Balaban J connectivity index is 2.01. The molecule has 3 rings (SSSR count). The van der Waals surface area contributed by atoms with Crippen molar-refractivity contribution in [3.63, 3.8) is 0 Å². The number of hydrogen-bond acceptors (Lipinski definition) is 5. The Morgan fingerprint density at radius 1 is 1.29 bits per heavy atom. The molecular weight excluding hydrogens is 242 g/mol. The Morgan fingerprint density at radius 3 is 3.00 bits per heavy atom. The minimum Gasteiger partial charge on any atom is -0.377 e. The molecule has 0 radical (unpaired) electrons. The van der Waals surface area contributed by atoms with Crippen LogP contribution in [-0.4, -0.2) is 35.8 Å². The van der Waals surface area contributed by atoms with E-state index in [1.165, 1.54) is 0 Å². The zero-order chi connectivity index (χ0) is 11.8. The summed E-state index contributed by atoms with van der Waals surface area (Å²) in [6.07, 6.45) is 0. The minimum absolute atomic E-state index is 0.294. The molecule has 1 aromatic rings. The molecule has 1 atom stereocenters. The highest BCUT2D eigenvalue weighted by molar-refractivity contribution is 6.28. The van der Waals surface area contributed by atoms with Gasteiger partial charge in [0.25, 0.3) is 0 Å². The van der Waals surface area contributed by atoms with Crippen LogP contribution in [0, 0.1) is 0 Å². The van der Waals surface area contributed by atoms with E-state index >= 15 is 0 Å². The monoisotopic (exact) mass is 255 g/mol. The van der Waals surface area contributed by atoms with Crippen molar-refractivity contribution in [3.8, 4) is 0 Å². The molecule has 0 spiro atoms. The van der Waals surface area contributed by atoms with E-state index in [-0.39, 0.29) is 0 Å². The van der Waals surface area contributed by atoms with E-state index in [1.54, 1.807) is 0 Å². The van der Waals surface area contributed by atoms with Crippen molar-refractivity contribution in [2.75, 3.05) is 24.7 Å². The van der Waals surface area contributed by atoms with Gasteiger partial charge in [0.05, 0.1) is 38.2 Å². The number of halogens is 1. The number of rotatable bonds is 1. The van der Waals surface area contributed by atoms with Gasteiger partial charge in [0.2, 0.25) is 5.28 Å². The third-order valence-corrected chi connectivity index (χ3v) is 3.34. The maximum Gasteiger partial charge on any atom is 0.224 e. The maximum atomic E-state index is 5.96. The fourth-order valence-electron chi connectivity index (χ4n) is 2.28. The molecule has 92 valence electrons. The first-order chi connectivity index (χ1) is 8.25. The minimum atomic E-state index is 0.294. The summed E-state index contributed by atoms with van der Waals surface area (Å²) >= 11 is 5.96. The predicted molar refractivity (Wildman–Crippen MR) is 63.2 cm³/mol. The highest BCUT2D eigenvalue weighted by atomic mass is 35.5. The van der Waals surface area contributed by atoms with Gasteiger partial charge in [0.1, 0.15) is 5.82 Å². The van der Waals surface area contributed by atoms with E-state index in [2.05, 4.69) is 21.8 Å². The lowest BCUT2D eigenvalue weighted by molar-refractivity contribution is 0.0980. The van der Waals surface area contributed by atoms with Gasteiger partial charge in [-0.05, 0) is 18.5 Å². The summed E-state index contributed by atoms with van der Waals surface area (Å²) in [6, 6.07) is 0.305. The van der Waals surface area contributed by atoms with Crippen molar-refractivity contribution in [2.45, 2.75) is 26.2 Å². The average Bonchev–Trinajstić information content (AvgIpc) is 2.76. The number of hydrogen-bond donors (Lipinski definition) is 0. The summed E-state index contributed by atoms with van der Waals surface area (Å²) in [7, 11) is 0. The summed E-state index contributed by atoms with van der Waals surface area (Å²) in [4.78, 5) is 10.8. The van der Waals surface area contributed by atoms with Gasteiger partial charge in [-0.2, -0.15) is 0 Å². The van der Waals surface area contributed by atoms with Crippen LogP contribution in [0.25, 0.3) is 0 Å². The Labute approximate surface area is 105 Å². The third-order valence-electron chi connectivity index (χ3n) is 3.17. The Morgan fingerprint density at radius 2 is 2.18 bits per heavy atom. The second-order valence-corrected chi connectivity index (χ2v) is 4.69. The van der Waals surface area contributed by atoms with Crippen LogP contribution in [0.3, 0.4) is 0 Å². The van der Waals surface area contributed by atoms with Gasteiger partial charge in [-0.15, -0.1) is 0 Å².